The van der Waals surface area contributed by atoms with E-state index in [4.69, 9.17) is 24.3 Å². The van der Waals surface area contributed by atoms with Crippen LogP contribution < -0.4 is 0 Å². The van der Waals surface area contributed by atoms with Gasteiger partial charge in [-0.2, -0.15) is 0 Å². The largest absolute Gasteiger partial charge is 0.366 e. The molecule has 7 nitrogen and oxygen atoms in total. The zero-order valence-corrected chi connectivity index (χ0v) is 10.4. The molecule has 0 spiro atoms. The summed E-state index contributed by atoms with van der Waals surface area (Å²) in [5.74, 6) is 0. The third-order valence-corrected chi connectivity index (χ3v) is 5.64. The molecule has 16 heavy (non-hydrogen) atoms. The second kappa shape index (κ2) is 5.27. The Bertz CT molecular complexity index is 291. The predicted molar refractivity (Wildman–Crippen MR) is 55.8 cm³/mol. The highest BCUT2D eigenvalue weighted by Gasteiger charge is 2.46. The fraction of sp³-hybridized carbons (Fsp3) is 1.00. The summed E-state index contributed by atoms with van der Waals surface area (Å²) in [6.45, 7) is 0. The number of rotatable bonds is 4. The molecule has 4 N–H and O–H groups in total. The van der Waals surface area contributed by atoms with Gasteiger partial charge in [0.05, 0.1) is 6.10 Å². The van der Waals surface area contributed by atoms with Crippen molar-refractivity contribution in [2.75, 3.05) is 0 Å². The first-order chi connectivity index (χ1) is 7.21. The van der Waals surface area contributed by atoms with E-state index >= 15 is 0 Å². The highest BCUT2D eigenvalue weighted by atomic mass is 31.2. The zero-order chi connectivity index (χ0) is 12.4. The van der Waals surface area contributed by atoms with Gasteiger partial charge in [0.2, 0.25) is 0 Å². The summed E-state index contributed by atoms with van der Waals surface area (Å²) in [5.41, 5.74) is -2.32. The fourth-order valence-electron chi connectivity index (χ4n) is 1.73. The van der Waals surface area contributed by atoms with E-state index in [1.807, 2.05) is 0 Å². The molecule has 0 amide bonds. The van der Waals surface area contributed by atoms with E-state index in [0.717, 1.165) is 19.3 Å². The molecule has 0 aromatic rings. The van der Waals surface area contributed by atoms with Crippen LogP contribution in [-0.4, -0.2) is 31.3 Å². The average molecular weight is 274 g/mol. The van der Waals surface area contributed by atoms with Crippen molar-refractivity contribution in [3.05, 3.63) is 0 Å². The molecule has 1 aliphatic rings. The molecular formula is C7H16O7P2. The molecule has 1 fully saturated rings. The minimum Gasteiger partial charge on any atom is -0.351 e. The second-order valence-corrected chi connectivity index (χ2v) is 7.60. The smallest absolute Gasteiger partial charge is 0.351 e. The molecule has 0 aliphatic heterocycles. The van der Waals surface area contributed by atoms with Crippen molar-refractivity contribution in [1.29, 1.82) is 0 Å². The molecule has 0 aromatic heterocycles. The predicted octanol–water partition coefficient (Wildman–Crippen LogP) is 0.975. The topological polar surface area (TPSA) is 124 Å². The molecule has 0 atom stereocenters. The Hall–Kier alpha value is 0.260. The fourth-order valence-corrected chi connectivity index (χ4v) is 3.96. The van der Waals surface area contributed by atoms with Crippen LogP contribution in [0, 0.1) is 0 Å². The monoisotopic (exact) mass is 274 g/mol. The van der Waals surface area contributed by atoms with Crippen molar-refractivity contribution in [1.82, 2.24) is 0 Å². The van der Waals surface area contributed by atoms with Gasteiger partial charge in [0, 0.05) is 0 Å². The molecular weight excluding hydrogens is 258 g/mol. The first-order valence-electron chi connectivity index (χ1n) is 4.97. The summed E-state index contributed by atoms with van der Waals surface area (Å²) in [5, 5.41) is 0. The first-order valence-corrected chi connectivity index (χ1v) is 8.33. The van der Waals surface area contributed by atoms with E-state index in [1.165, 1.54) is 0 Å². The van der Waals surface area contributed by atoms with Crippen LogP contribution in [0.15, 0.2) is 0 Å². The Balaban J connectivity index is 2.71. The molecule has 0 radical (unpaired) electrons. The maximum Gasteiger partial charge on any atom is 0.366 e. The van der Waals surface area contributed by atoms with Crippen LogP contribution in [0.4, 0.5) is 0 Å². The molecule has 0 unspecified atom stereocenters. The van der Waals surface area contributed by atoms with Gasteiger partial charge < -0.3 is 24.3 Å². The van der Waals surface area contributed by atoms with Crippen LogP contribution in [0.25, 0.3) is 0 Å². The van der Waals surface area contributed by atoms with Gasteiger partial charge in [-0.05, 0) is 12.8 Å². The third-order valence-electron chi connectivity index (χ3n) is 2.44. The summed E-state index contributed by atoms with van der Waals surface area (Å²) in [7, 11) is -9.90. The molecule has 96 valence electrons. The third kappa shape index (κ3) is 4.26. The molecule has 9 heteroatoms. The maximum atomic E-state index is 10.9. The van der Waals surface area contributed by atoms with Crippen LogP contribution in [0.1, 0.15) is 32.1 Å². The van der Waals surface area contributed by atoms with Crippen molar-refractivity contribution >= 4 is 15.2 Å². The molecule has 1 aliphatic carbocycles. The summed E-state index contributed by atoms with van der Waals surface area (Å²) < 4.78 is 26.8. The molecule has 0 saturated heterocycles. The first kappa shape index (κ1) is 14.3. The molecule has 0 aromatic carbocycles. The summed E-state index contributed by atoms with van der Waals surface area (Å²) >= 11 is 0. The van der Waals surface area contributed by atoms with E-state index in [0.29, 0.717) is 12.8 Å². The van der Waals surface area contributed by atoms with Gasteiger partial charge in [-0.25, -0.2) is 0 Å². The van der Waals surface area contributed by atoms with E-state index in [9.17, 15) is 9.13 Å². The number of ether oxygens (including phenoxy) is 1. The van der Waals surface area contributed by atoms with Crippen LogP contribution >= 0.6 is 15.2 Å². The van der Waals surface area contributed by atoms with E-state index in [2.05, 4.69) is 0 Å². The van der Waals surface area contributed by atoms with Crippen molar-refractivity contribution < 1.29 is 33.4 Å². The van der Waals surface area contributed by atoms with Crippen molar-refractivity contribution in [3.63, 3.8) is 0 Å². The lowest BCUT2D eigenvalue weighted by Gasteiger charge is -2.28. The van der Waals surface area contributed by atoms with E-state index in [1.54, 1.807) is 0 Å². The zero-order valence-electron chi connectivity index (χ0n) is 8.60. The highest BCUT2D eigenvalue weighted by molar-refractivity contribution is 7.70. The van der Waals surface area contributed by atoms with Gasteiger partial charge in [-0.3, -0.25) is 9.13 Å². The van der Waals surface area contributed by atoms with Gasteiger partial charge in [-0.15, -0.1) is 0 Å². The Morgan fingerprint density at radius 3 is 1.75 bits per heavy atom. The minimum atomic E-state index is -4.95. The van der Waals surface area contributed by atoms with Crippen LogP contribution in [0.5, 0.6) is 0 Å². The van der Waals surface area contributed by atoms with Crippen LogP contribution in [0.3, 0.4) is 0 Å². The van der Waals surface area contributed by atoms with Crippen molar-refractivity contribution in [2.45, 2.75) is 43.8 Å². The van der Waals surface area contributed by atoms with Crippen molar-refractivity contribution in [3.8, 4) is 0 Å². The van der Waals surface area contributed by atoms with Gasteiger partial charge >= 0.3 is 15.2 Å². The molecule has 1 rings (SSSR count). The van der Waals surface area contributed by atoms with Crippen LogP contribution in [-0.2, 0) is 13.9 Å². The van der Waals surface area contributed by atoms with Gasteiger partial charge in [0.1, 0.15) is 0 Å². The quantitative estimate of drug-likeness (QED) is 0.563. The maximum absolute atomic E-state index is 10.9. The lowest BCUT2D eigenvalue weighted by Crippen LogP contribution is -2.24. The Labute approximate surface area is 93.1 Å². The normalized spacial score (nSPS) is 20.3. The summed E-state index contributed by atoms with van der Waals surface area (Å²) in [4.78, 5) is 35.4. The number of hydrogen-bond donors (Lipinski definition) is 4. The Kier molecular flexibility index (Phi) is 4.72. The molecule has 1 saturated carbocycles. The number of hydrogen-bond acceptors (Lipinski definition) is 3. The average Bonchev–Trinajstić information content (AvgIpc) is 2.12. The molecule has 0 heterocycles. The van der Waals surface area contributed by atoms with Gasteiger partial charge in [0.25, 0.3) is 5.59 Å². The Morgan fingerprint density at radius 1 is 0.938 bits per heavy atom. The summed E-state index contributed by atoms with van der Waals surface area (Å²) in [6, 6.07) is 0. The standard InChI is InChI=1S/C7H16O7P2/c8-15(9,10)7(16(11,12)13)14-6-4-2-1-3-5-6/h6-7H,1-5H2,(H2,8,9,10)(H2,11,12,13). The van der Waals surface area contributed by atoms with E-state index < -0.39 is 26.9 Å². The van der Waals surface area contributed by atoms with E-state index in [-0.39, 0.29) is 0 Å². The summed E-state index contributed by atoms with van der Waals surface area (Å²) in [6.07, 6.45) is 3.39. The highest BCUT2D eigenvalue weighted by Crippen LogP contribution is 2.60. The second-order valence-electron chi connectivity index (χ2n) is 3.90. The molecule has 0 bridgehead atoms. The SMILES string of the molecule is O=P(O)(O)C(OC1CCCCC1)P(=O)(O)O. The van der Waals surface area contributed by atoms with Gasteiger partial charge in [0.15, 0.2) is 0 Å². The Morgan fingerprint density at radius 2 is 1.38 bits per heavy atom. The van der Waals surface area contributed by atoms with Crippen LogP contribution in [0.2, 0.25) is 0 Å². The minimum absolute atomic E-state index is 0.473. The van der Waals surface area contributed by atoms with Crippen molar-refractivity contribution in [2.24, 2.45) is 0 Å². The lowest BCUT2D eigenvalue weighted by atomic mass is 9.98. The lowest BCUT2D eigenvalue weighted by molar-refractivity contribution is 0.0196. The van der Waals surface area contributed by atoms with Gasteiger partial charge in [-0.1, -0.05) is 19.3 Å².